The largest absolute Gasteiger partial charge is 0.421 e. The molecule has 1 aromatic carbocycles. The van der Waals surface area contributed by atoms with Crippen LogP contribution in [-0.4, -0.2) is 15.9 Å². The first kappa shape index (κ1) is 14.9. The predicted octanol–water partition coefficient (Wildman–Crippen LogP) is 3.93. The Hall–Kier alpha value is -3.01. The standard InChI is InChI=1S/C19H16N2O2/c1-2-14-5-10-18(21-12-14)15-6-8-16(9-7-15)19(22)23-17-4-3-11-20-13-17/h3-13H,2H2,1H3. The second-order valence-electron chi connectivity index (χ2n) is 5.06. The van der Waals surface area contributed by atoms with Crippen LogP contribution in [0.1, 0.15) is 22.8 Å². The molecule has 4 heteroatoms. The molecule has 0 atom stereocenters. The molecule has 23 heavy (non-hydrogen) atoms. The summed E-state index contributed by atoms with van der Waals surface area (Å²) in [6.45, 7) is 2.10. The van der Waals surface area contributed by atoms with Crippen molar-refractivity contribution in [2.75, 3.05) is 0 Å². The lowest BCUT2D eigenvalue weighted by Gasteiger charge is -2.05. The third-order valence-corrected chi connectivity index (χ3v) is 3.49. The van der Waals surface area contributed by atoms with Crippen LogP contribution in [-0.2, 0) is 6.42 Å². The van der Waals surface area contributed by atoms with Crippen LogP contribution >= 0.6 is 0 Å². The van der Waals surface area contributed by atoms with Gasteiger partial charge in [-0.15, -0.1) is 0 Å². The smallest absolute Gasteiger partial charge is 0.343 e. The Balaban J connectivity index is 1.74. The zero-order chi connectivity index (χ0) is 16.1. The van der Waals surface area contributed by atoms with E-state index >= 15 is 0 Å². The van der Waals surface area contributed by atoms with E-state index in [0.717, 1.165) is 17.7 Å². The van der Waals surface area contributed by atoms with Crippen molar-refractivity contribution in [3.8, 4) is 17.0 Å². The lowest BCUT2D eigenvalue weighted by molar-refractivity contribution is 0.0734. The second kappa shape index (κ2) is 6.83. The zero-order valence-corrected chi connectivity index (χ0v) is 12.8. The molecule has 0 saturated carbocycles. The molecule has 0 saturated heterocycles. The number of rotatable bonds is 4. The van der Waals surface area contributed by atoms with Gasteiger partial charge in [-0.1, -0.05) is 25.1 Å². The van der Waals surface area contributed by atoms with Crippen molar-refractivity contribution in [1.29, 1.82) is 0 Å². The normalized spacial score (nSPS) is 10.3. The molecular formula is C19H16N2O2. The average Bonchev–Trinajstić information content (AvgIpc) is 2.63. The van der Waals surface area contributed by atoms with E-state index in [0.29, 0.717) is 11.3 Å². The predicted molar refractivity (Wildman–Crippen MR) is 88.2 cm³/mol. The number of aryl methyl sites for hydroxylation is 1. The van der Waals surface area contributed by atoms with Gasteiger partial charge < -0.3 is 4.74 Å². The molecule has 114 valence electrons. The summed E-state index contributed by atoms with van der Waals surface area (Å²) in [6.07, 6.45) is 5.97. The van der Waals surface area contributed by atoms with Crippen LogP contribution in [0.25, 0.3) is 11.3 Å². The van der Waals surface area contributed by atoms with Crippen molar-refractivity contribution in [1.82, 2.24) is 9.97 Å². The second-order valence-corrected chi connectivity index (χ2v) is 5.06. The SMILES string of the molecule is CCc1ccc(-c2ccc(C(=O)Oc3cccnc3)cc2)nc1. The fourth-order valence-electron chi connectivity index (χ4n) is 2.15. The van der Waals surface area contributed by atoms with Gasteiger partial charge in [0.2, 0.25) is 0 Å². The van der Waals surface area contributed by atoms with Gasteiger partial charge in [-0.05, 0) is 42.3 Å². The maximum absolute atomic E-state index is 12.1. The van der Waals surface area contributed by atoms with Crippen LogP contribution in [0.2, 0.25) is 0 Å². The van der Waals surface area contributed by atoms with Gasteiger partial charge in [0.15, 0.2) is 0 Å². The van der Waals surface area contributed by atoms with Crippen LogP contribution in [0.5, 0.6) is 5.75 Å². The Morgan fingerprint density at radius 2 is 1.87 bits per heavy atom. The number of hydrogen-bond donors (Lipinski definition) is 0. The molecule has 0 radical (unpaired) electrons. The fourth-order valence-corrected chi connectivity index (χ4v) is 2.15. The topological polar surface area (TPSA) is 52.1 Å². The van der Waals surface area contributed by atoms with Crippen LogP contribution in [0.4, 0.5) is 0 Å². The van der Waals surface area contributed by atoms with Crippen molar-refractivity contribution in [3.63, 3.8) is 0 Å². The number of nitrogens with zero attached hydrogens (tertiary/aromatic N) is 2. The summed E-state index contributed by atoms with van der Waals surface area (Å²) in [5.41, 5.74) is 3.54. The highest BCUT2D eigenvalue weighted by Gasteiger charge is 2.09. The molecule has 0 N–H and O–H groups in total. The minimum Gasteiger partial charge on any atom is -0.421 e. The van der Waals surface area contributed by atoms with Gasteiger partial charge in [0, 0.05) is 18.0 Å². The Bertz CT molecular complexity index is 782. The molecule has 2 heterocycles. The summed E-state index contributed by atoms with van der Waals surface area (Å²) < 4.78 is 5.26. The van der Waals surface area contributed by atoms with E-state index in [1.54, 1.807) is 30.5 Å². The van der Waals surface area contributed by atoms with Crippen LogP contribution in [0.15, 0.2) is 67.1 Å². The lowest BCUT2D eigenvalue weighted by Crippen LogP contribution is -2.08. The number of carbonyl (C=O) groups is 1. The molecule has 0 amide bonds. The molecule has 0 aliphatic rings. The Kier molecular flexibility index (Phi) is 4.43. The maximum atomic E-state index is 12.1. The van der Waals surface area contributed by atoms with Gasteiger partial charge in [-0.3, -0.25) is 9.97 Å². The minimum absolute atomic E-state index is 0.404. The van der Waals surface area contributed by atoms with E-state index in [-0.39, 0.29) is 0 Å². The maximum Gasteiger partial charge on any atom is 0.343 e. The first-order valence-corrected chi connectivity index (χ1v) is 7.44. The van der Waals surface area contributed by atoms with Gasteiger partial charge in [-0.25, -0.2) is 4.79 Å². The van der Waals surface area contributed by atoms with E-state index in [1.165, 1.54) is 11.8 Å². The highest BCUT2D eigenvalue weighted by molar-refractivity contribution is 5.91. The summed E-state index contributed by atoms with van der Waals surface area (Å²) in [5, 5.41) is 0. The van der Waals surface area contributed by atoms with Gasteiger partial charge in [0.25, 0.3) is 0 Å². The van der Waals surface area contributed by atoms with Crippen molar-refractivity contribution in [3.05, 3.63) is 78.2 Å². The third kappa shape index (κ3) is 3.61. The van der Waals surface area contributed by atoms with Crippen molar-refractivity contribution >= 4 is 5.97 Å². The highest BCUT2D eigenvalue weighted by atomic mass is 16.5. The number of benzene rings is 1. The zero-order valence-electron chi connectivity index (χ0n) is 12.8. The molecule has 0 fully saturated rings. The monoisotopic (exact) mass is 304 g/mol. The molecule has 0 bridgehead atoms. The van der Waals surface area contributed by atoms with E-state index in [2.05, 4.69) is 23.0 Å². The molecule has 0 aliphatic heterocycles. The van der Waals surface area contributed by atoms with Crippen molar-refractivity contribution < 1.29 is 9.53 Å². The Morgan fingerprint density at radius 1 is 1.04 bits per heavy atom. The van der Waals surface area contributed by atoms with E-state index in [1.807, 2.05) is 24.4 Å². The number of ether oxygens (including phenoxy) is 1. The van der Waals surface area contributed by atoms with Gasteiger partial charge in [-0.2, -0.15) is 0 Å². The molecular weight excluding hydrogens is 288 g/mol. The first-order valence-electron chi connectivity index (χ1n) is 7.44. The highest BCUT2D eigenvalue weighted by Crippen LogP contribution is 2.19. The Labute approximate surface area is 134 Å². The molecule has 3 rings (SSSR count). The first-order chi connectivity index (χ1) is 11.3. The van der Waals surface area contributed by atoms with E-state index in [9.17, 15) is 4.79 Å². The summed E-state index contributed by atoms with van der Waals surface area (Å²) in [4.78, 5) is 20.4. The Morgan fingerprint density at radius 3 is 2.48 bits per heavy atom. The molecule has 2 aromatic heterocycles. The van der Waals surface area contributed by atoms with Crippen LogP contribution in [0.3, 0.4) is 0 Å². The van der Waals surface area contributed by atoms with Crippen molar-refractivity contribution in [2.45, 2.75) is 13.3 Å². The molecule has 0 unspecified atom stereocenters. The quantitative estimate of drug-likeness (QED) is 0.685. The van der Waals surface area contributed by atoms with Gasteiger partial charge in [0.1, 0.15) is 5.75 Å². The number of pyridine rings is 2. The molecule has 0 aliphatic carbocycles. The summed E-state index contributed by atoms with van der Waals surface area (Å²) >= 11 is 0. The van der Waals surface area contributed by atoms with Crippen LogP contribution in [0, 0.1) is 0 Å². The van der Waals surface area contributed by atoms with Gasteiger partial charge >= 0.3 is 5.97 Å². The summed E-state index contributed by atoms with van der Waals surface area (Å²) in [5.74, 6) is 0.0252. The minimum atomic E-state index is -0.404. The molecule has 3 aromatic rings. The number of hydrogen-bond acceptors (Lipinski definition) is 4. The number of carbonyl (C=O) groups excluding carboxylic acids is 1. The van der Waals surface area contributed by atoms with Crippen molar-refractivity contribution in [2.24, 2.45) is 0 Å². The molecule has 4 nitrogen and oxygen atoms in total. The fraction of sp³-hybridized carbons (Fsp3) is 0.105. The number of aromatic nitrogens is 2. The molecule has 0 spiro atoms. The lowest BCUT2D eigenvalue weighted by atomic mass is 10.1. The van der Waals surface area contributed by atoms with Crippen LogP contribution < -0.4 is 4.74 Å². The van der Waals surface area contributed by atoms with Gasteiger partial charge in [0.05, 0.1) is 17.5 Å². The van der Waals surface area contributed by atoms with E-state index in [4.69, 9.17) is 4.74 Å². The average molecular weight is 304 g/mol. The van der Waals surface area contributed by atoms with E-state index < -0.39 is 5.97 Å². The summed E-state index contributed by atoms with van der Waals surface area (Å²) in [7, 11) is 0. The third-order valence-electron chi connectivity index (χ3n) is 3.49. The number of esters is 1. The summed E-state index contributed by atoms with van der Waals surface area (Å²) in [6, 6.07) is 14.7.